The van der Waals surface area contributed by atoms with E-state index < -0.39 is 41.5 Å². The topological polar surface area (TPSA) is 84.7 Å². The van der Waals surface area contributed by atoms with Crippen LogP contribution >= 0.6 is 0 Å². The van der Waals surface area contributed by atoms with E-state index in [4.69, 9.17) is 10.5 Å². The molecular weight excluding hydrogens is 327 g/mol. The van der Waals surface area contributed by atoms with Gasteiger partial charge >= 0.3 is 6.18 Å². The fraction of sp³-hybridized carbons (Fsp3) is 0.867. The minimum Gasteiger partial charge on any atom is -0.378 e. The van der Waals surface area contributed by atoms with Crippen LogP contribution in [-0.2, 0) is 14.3 Å². The highest BCUT2D eigenvalue weighted by Gasteiger charge is 2.63. The lowest BCUT2D eigenvalue weighted by atomic mass is 9.54. The van der Waals surface area contributed by atoms with Gasteiger partial charge in [-0.15, -0.1) is 0 Å². The molecule has 0 aromatic heterocycles. The summed E-state index contributed by atoms with van der Waals surface area (Å²) in [6.45, 7) is 4.62. The molecule has 2 amide bonds. The van der Waals surface area contributed by atoms with E-state index in [2.05, 4.69) is 5.32 Å². The van der Waals surface area contributed by atoms with E-state index in [0.29, 0.717) is 17.9 Å². The Labute approximate surface area is 138 Å². The molecular formula is C15H24F3N3O3. The molecule has 2 fully saturated rings. The van der Waals surface area contributed by atoms with Crippen molar-refractivity contribution in [3.05, 3.63) is 0 Å². The zero-order valence-electron chi connectivity index (χ0n) is 14.1. The number of likely N-dealkylation sites (tertiary alicyclic amines) is 1. The van der Waals surface area contributed by atoms with Gasteiger partial charge in [0.1, 0.15) is 18.1 Å². The highest BCUT2D eigenvalue weighted by Crippen LogP contribution is 2.49. The van der Waals surface area contributed by atoms with Crippen LogP contribution in [-0.4, -0.2) is 60.3 Å². The van der Waals surface area contributed by atoms with Crippen molar-refractivity contribution in [1.29, 1.82) is 0 Å². The average Bonchev–Trinajstić information content (AvgIpc) is 2.78. The molecule has 138 valence electrons. The monoisotopic (exact) mass is 351 g/mol. The number of hydrogen-bond acceptors (Lipinski definition) is 4. The van der Waals surface area contributed by atoms with Crippen molar-refractivity contribution in [2.75, 3.05) is 19.7 Å². The lowest BCUT2D eigenvalue weighted by molar-refractivity contribution is -0.172. The van der Waals surface area contributed by atoms with Crippen molar-refractivity contribution >= 4 is 11.8 Å². The molecule has 0 bridgehead atoms. The largest absolute Gasteiger partial charge is 0.406 e. The molecule has 0 aromatic carbocycles. The molecule has 9 heteroatoms. The van der Waals surface area contributed by atoms with E-state index in [1.54, 1.807) is 0 Å². The predicted molar refractivity (Wildman–Crippen MR) is 79.9 cm³/mol. The summed E-state index contributed by atoms with van der Waals surface area (Å²) < 4.78 is 42.8. The van der Waals surface area contributed by atoms with Crippen LogP contribution in [0.3, 0.4) is 0 Å². The molecule has 1 saturated carbocycles. The van der Waals surface area contributed by atoms with Crippen molar-refractivity contribution in [2.24, 2.45) is 11.1 Å². The van der Waals surface area contributed by atoms with Gasteiger partial charge in [0.2, 0.25) is 11.8 Å². The van der Waals surface area contributed by atoms with Crippen molar-refractivity contribution in [3.8, 4) is 0 Å². The number of carbonyl (C=O) groups excluding carboxylic acids is 2. The zero-order valence-corrected chi connectivity index (χ0v) is 14.1. The maximum Gasteiger partial charge on any atom is 0.406 e. The first-order valence-corrected chi connectivity index (χ1v) is 7.99. The molecule has 24 heavy (non-hydrogen) atoms. The molecule has 6 nitrogen and oxygen atoms in total. The number of nitrogens with one attached hydrogen (secondary N) is 1. The van der Waals surface area contributed by atoms with E-state index >= 15 is 0 Å². The normalized spacial score (nSPS) is 32.6. The Balaban J connectivity index is 1.97. The third-order valence-electron chi connectivity index (χ3n) is 5.21. The van der Waals surface area contributed by atoms with Crippen LogP contribution < -0.4 is 11.1 Å². The molecule has 1 heterocycles. The average molecular weight is 351 g/mol. The maximum atomic E-state index is 12.5. The summed E-state index contributed by atoms with van der Waals surface area (Å²) in [5, 5.41) is 2.53. The van der Waals surface area contributed by atoms with E-state index in [9.17, 15) is 22.8 Å². The van der Waals surface area contributed by atoms with Crippen molar-refractivity contribution in [1.82, 2.24) is 10.2 Å². The Morgan fingerprint density at radius 1 is 1.46 bits per heavy atom. The summed E-state index contributed by atoms with van der Waals surface area (Å²) in [5.41, 5.74) is 4.38. The number of halogens is 3. The number of amides is 2. The van der Waals surface area contributed by atoms with Gasteiger partial charge in [0.25, 0.3) is 0 Å². The SMILES string of the molecule is CCOC1CC(N)(C(=O)NC2CCN(CC(F)(F)F)C2=O)C1(C)C. The molecule has 2 aliphatic rings. The number of ether oxygens (including phenoxy) is 1. The van der Waals surface area contributed by atoms with Crippen LogP contribution in [0.4, 0.5) is 13.2 Å². The summed E-state index contributed by atoms with van der Waals surface area (Å²) in [7, 11) is 0. The summed E-state index contributed by atoms with van der Waals surface area (Å²) in [4.78, 5) is 25.3. The molecule has 1 aliphatic carbocycles. The van der Waals surface area contributed by atoms with Crippen LogP contribution in [0.2, 0.25) is 0 Å². The fourth-order valence-electron chi connectivity index (χ4n) is 3.35. The number of hydrogen-bond donors (Lipinski definition) is 2. The number of nitrogens with zero attached hydrogens (tertiary/aromatic N) is 1. The number of carbonyl (C=O) groups is 2. The van der Waals surface area contributed by atoms with Crippen LogP contribution in [0.5, 0.6) is 0 Å². The van der Waals surface area contributed by atoms with Gasteiger partial charge in [-0.2, -0.15) is 13.2 Å². The van der Waals surface area contributed by atoms with Crippen molar-refractivity contribution < 1.29 is 27.5 Å². The van der Waals surface area contributed by atoms with Crippen LogP contribution in [0, 0.1) is 5.41 Å². The van der Waals surface area contributed by atoms with Gasteiger partial charge < -0.3 is 20.7 Å². The minimum atomic E-state index is -4.45. The van der Waals surface area contributed by atoms with Gasteiger partial charge in [0.15, 0.2) is 0 Å². The third kappa shape index (κ3) is 3.23. The lowest BCUT2D eigenvalue weighted by Crippen LogP contribution is -2.76. The number of nitrogens with two attached hydrogens (primary N) is 1. The highest BCUT2D eigenvalue weighted by molar-refractivity contribution is 5.94. The quantitative estimate of drug-likeness (QED) is 0.767. The van der Waals surface area contributed by atoms with Crippen LogP contribution in [0.1, 0.15) is 33.6 Å². The van der Waals surface area contributed by atoms with Crippen LogP contribution in [0.25, 0.3) is 0 Å². The molecule has 0 aromatic rings. The Kier molecular flexibility index (Phi) is 4.89. The maximum absolute atomic E-state index is 12.5. The van der Waals surface area contributed by atoms with Gasteiger partial charge in [-0.05, 0) is 13.3 Å². The van der Waals surface area contributed by atoms with Gasteiger partial charge in [-0.3, -0.25) is 9.59 Å². The molecule has 1 aliphatic heterocycles. The Hall–Kier alpha value is -1.35. The predicted octanol–water partition coefficient (Wildman–Crippen LogP) is 0.798. The molecule has 0 spiro atoms. The summed E-state index contributed by atoms with van der Waals surface area (Å²) in [6.07, 6.45) is -4.16. The molecule has 3 unspecified atom stereocenters. The summed E-state index contributed by atoms with van der Waals surface area (Å²) in [5.74, 6) is -1.24. The lowest BCUT2D eigenvalue weighted by Gasteiger charge is -2.57. The number of alkyl halides is 3. The summed E-state index contributed by atoms with van der Waals surface area (Å²) in [6, 6.07) is -0.956. The Morgan fingerprint density at radius 2 is 2.08 bits per heavy atom. The molecule has 3 N–H and O–H groups in total. The molecule has 0 radical (unpaired) electrons. The smallest absolute Gasteiger partial charge is 0.378 e. The van der Waals surface area contributed by atoms with Gasteiger partial charge in [-0.1, -0.05) is 13.8 Å². The second kappa shape index (κ2) is 6.18. The van der Waals surface area contributed by atoms with Gasteiger partial charge in [0, 0.05) is 25.0 Å². The van der Waals surface area contributed by atoms with E-state index in [1.807, 2.05) is 20.8 Å². The first-order chi connectivity index (χ1) is 10.9. The van der Waals surface area contributed by atoms with Crippen molar-refractivity contribution in [2.45, 2.75) is 57.5 Å². The third-order valence-corrected chi connectivity index (χ3v) is 5.21. The zero-order chi connectivity index (χ0) is 18.3. The van der Waals surface area contributed by atoms with Gasteiger partial charge in [0.05, 0.1) is 6.10 Å². The Bertz CT molecular complexity index is 524. The standard InChI is InChI=1S/C15H24F3N3O3/c1-4-24-10-7-14(19,13(10,2)3)12(23)20-9-5-6-21(11(9)22)8-15(16,17)18/h9-10H,4-8,19H2,1-3H3,(H,20,23). The fourth-order valence-corrected chi connectivity index (χ4v) is 3.35. The molecule has 1 saturated heterocycles. The first-order valence-electron chi connectivity index (χ1n) is 7.99. The summed E-state index contributed by atoms with van der Waals surface area (Å²) >= 11 is 0. The minimum absolute atomic E-state index is 0.0359. The Morgan fingerprint density at radius 3 is 2.58 bits per heavy atom. The first kappa shape index (κ1) is 19.0. The van der Waals surface area contributed by atoms with E-state index in [0.717, 1.165) is 0 Å². The van der Waals surface area contributed by atoms with Crippen molar-refractivity contribution in [3.63, 3.8) is 0 Å². The second-order valence-corrected chi connectivity index (χ2v) is 7.03. The molecule has 3 atom stereocenters. The van der Waals surface area contributed by atoms with E-state index in [-0.39, 0.29) is 19.1 Å². The van der Waals surface area contributed by atoms with Gasteiger partial charge in [-0.25, -0.2) is 0 Å². The highest BCUT2D eigenvalue weighted by atomic mass is 19.4. The molecule has 2 rings (SSSR count). The van der Waals surface area contributed by atoms with Crippen LogP contribution in [0.15, 0.2) is 0 Å². The number of rotatable bonds is 5. The second-order valence-electron chi connectivity index (χ2n) is 7.03. The van der Waals surface area contributed by atoms with E-state index in [1.165, 1.54) is 0 Å².